The van der Waals surface area contributed by atoms with E-state index in [9.17, 15) is 22.8 Å². The lowest BCUT2D eigenvalue weighted by atomic mass is 9.94. The van der Waals surface area contributed by atoms with Crippen LogP contribution < -0.4 is 5.32 Å². The Kier molecular flexibility index (Phi) is 4.94. The summed E-state index contributed by atoms with van der Waals surface area (Å²) in [5.41, 5.74) is 0.704. The number of anilines is 1. The lowest BCUT2D eigenvalue weighted by Crippen LogP contribution is -2.32. The molecule has 0 unspecified atom stereocenters. The average molecular weight is 384 g/mol. The summed E-state index contributed by atoms with van der Waals surface area (Å²) in [6.45, 7) is 2.22. The minimum Gasteiger partial charge on any atom is -0.335 e. The van der Waals surface area contributed by atoms with Crippen molar-refractivity contribution in [1.82, 2.24) is 14.9 Å². The summed E-state index contributed by atoms with van der Waals surface area (Å²) in [7, 11) is 0. The van der Waals surface area contributed by atoms with E-state index in [1.54, 1.807) is 36.4 Å². The van der Waals surface area contributed by atoms with Crippen LogP contribution in [0.2, 0.25) is 0 Å². The first-order chi connectivity index (χ1) is 12.3. The number of thiazole rings is 1. The highest BCUT2D eigenvalue weighted by atomic mass is 32.1. The highest BCUT2D eigenvalue weighted by Gasteiger charge is 2.44. The molecule has 1 aliphatic rings. The molecule has 2 atom stereocenters. The van der Waals surface area contributed by atoms with Gasteiger partial charge in [0.05, 0.1) is 18.2 Å². The van der Waals surface area contributed by atoms with Crippen LogP contribution in [0, 0.1) is 5.92 Å². The number of carbonyl (C=O) groups excluding carboxylic acids is 2. The summed E-state index contributed by atoms with van der Waals surface area (Å²) >= 11 is 0.352. The quantitative estimate of drug-likeness (QED) is 0.879. The van der Waals surface area contributed by atoms with Crippen molar-refractivity contribution in [2.75, 3.05) is 11.9 Å². The first-order valence-electron chi connectivity index (χ1n) is 7.84. The molecule has 1 aliphatic heterocycles. The third kappa shape index (κ3) is 3.55. The number of carbonyl (C=O) groups is 2. The Morgan fingerprint density at radius 3 is 2.77 bits per heavy atom. The first kappa shape index (κ1) is 18.3. The van der Waals surface area contributed by atoms with Crippen molar-refractivity contribution in [2.24, 2.45) is 5.92 Å². The van der Waals surface area contributed by atoms with Crippen molar-refractivity contribution in [2.45, 2.75) is 25.6 Å². The molecule has 1 fully saturated rings. The molecule has 10 heteroatoms. The van der Waals surface area contributed by atoms with Crippen molar-refractivity contribution in [1.29, 1.82) is 0 Å². The molecule has 1 N–H and O–H groups in total. The van der Waals surface area contributed by atoms with Gasteiger partial charge < -0.3 is 10.2 Å². The zero-order valence-corrected chi connectivity index (χ0v) is 14.5. The summed E-state index contributed by atoms with van der Waals surface area (Å²) in [6.07, 6.45) is -0.688. The molecular formula is C16H15F3N4O2S. The molecule has 0 saturated carbocycles. The maximum atomic E-state index is 12.7. The van der Waals surface area contributed by atoms with Crippen molar-refractivity contribution in [3.05, 3.63) is 41.2 Å². The molecule has 3 rings (SSSR count). The number of hydrogen-bond donors (Lipinski definition) is 1. The van der Waals surface area contributed by atoms with Crippen LogP contribution in [-0.2, 0) is 15.8 Å². The lowest BCUT2D eigenvalue weighted by molar-refractivity contribution is -0.134. The maximum absolute atomic E-state index is 12.7. The number of nitrogens with one attached hydrogen (secondary N) is 1. The maximum Gasteiger partial charge on any atom is 0.427 e. The fraction of sp³-hybridized carbons (Fsp3) is 0.375. The predicted octanol–water partition coefficient (Wildman–Crippen LogP) is 3.11. The van der Waals surface area contributed by atoms with Gasteiger partial charge in [-0.1, -0.05) is 17.4 Å². The van der Waals surface area contributed by atoms with E-state index >= 15 is 0 Å². The molecule has 138 valence electrons. The van der Waals surface area contributed by atoms with Crippen molar-refractivity contribution in [3.63, 3.8) is 0 Å². The van der Waals surface area contributed by atoms with Crippen LogP contribution in [0.25, 0.3) is 0 Å². The fourth-order valence-corrected chi connectivity index (χ4v) is 3.71. The van der Waals surface area contributed by atoms with Gasteiger partial charge in [0, 0.05) is 25.4 Å². The van der Waals surface area contributed by atoms with Crippen LogP contribution in [0.5, 0.6) is 0 Å². The van der Waals surface area contributed by atoms with Gasteiger partial charge >= 0.3 is 6.18 Å². The SMILES string of the molecule is CCN1C(=O)C[C@H](C(=O)Nc2ncc(C(F)(F)F)s2)[C@H]1c1cccnc1. The second-order valence-corrected chi connectivity index (χ2v) is 6.77. The second kappa shape index (κ2) is 7.02. The highest BCUT2D eigenvalue weighted by molar-refractivity contribution is 7.15. The average Bonchev–Trinajstić information content (AvgIpc) is 3.19. The van der Waals surface area contributed by atoms with Gasteiger partial charge in [-0.15, -0.1) is 0 Å². The Morgan fingerprint density at radius 2 is 2.19 bits per heavy atom. The Labute approximate surface area is 151 Å². The van der Waals surface area contributed by atoms with Gasteiger partial charge in [-0.05, 0) is 18.6 Å². The number of rotatable bonds is 4. The molecule has 0 aliphatic carbocycles. The third-order valence-corrected chi connectivity index (χ3v) is 5.11. The zero-order valence-electron chi connectivity index (χ0n) is 13.7. The van der Waals surface area contributed by atoms with Gasteiger partial charge in [0.25, 0.3) is 0 Å². The van der Waals surface area contributed by atoms with E-state index in [1.165, 1.54) is 0 Å². The van der Waals surface area contributed by atoms with Gasteiger partial charge in [-0.2, -0.15) is 13.2 Å². The number of hydrogen-bond acceptors (Lipinski definition) is 5. The van der Waals surface area contributed by atoms with E-state index < -0.39 is 28.9 Å². The third-order valence-electron chi connectivity index (χ3n) is 4.15. The Balaban J connectivity index is 1.83. The Hall–Kier alpha value is -2.49. The monoisotopic (exact) mass is 384 g/mol. The molecule has 2 aromatic rings. The van der Waals surface area contributed by atoms with E-state index in [4.69, 9.17) is 0 Å². The smallest absolute Gasteiger partial charge is 0.335 e. The zero-order chi connectivity index (χ0) is 18.9. The fourth-order valence-electron chi connectivity index (χ4n) is 3.02. The normalized spacial score (nSPS) is 20.5. The molecular weight excluding hydrogens is 369 g/mol. The van der Waals surface area contributed by atoms with Gasteiger partial charge in [0.2, 0.25) is 11.8 Å². The topological polar surface area (TPSA) is 75.2 Å². The summed E-state index contributed by atoms with van der Waals surface area (Å²) in [5, 5.41) is 2.27. The van der Waals surface area contributed by atoms with Gasteiger partial charge in [0.15, 0.2) is 5.13 Å². The van der Waals surface area contributed by atoms with Crippen LogP contribution in [0.15, 0.2) is 30.7 Å². The van der Waals surface area contributed by atoms with Gasteiger partial charge in [-0.25, -0.2) is 4.98 Å². The van der Waals surface area contributed by atoms with E-state index in [-0.39, 0.29) is 17.5 Å². The lowest BCUT2D eigenvalue weighted by Gasteiger charge is -2.26. The molecule has 0 radical (unpaired) electrons. The highest BCUT2D eigenvalue weighted by Crippen LogP contribution is 2.39. The van der Waals surface area contributed by atoms with E-state index in [1.807, 2.05) is 0 Å². The standard InChI is InChI=1S/C16H15F3N4O2S/c1-2-23-12(24)6-10(13(23)9-4-3-5-20-7-9)14(25)22-15-21-8-11(26-15)16(17,18)19/h3-5,7-8,10,13H,2,6H2,1H3,(H,21,22,25)/t10-,13+/m0/s1. The van der Waals surface area contributed by atoms with Crippen LogP contribution >= 0.6 is 11.3 Å². The summed E-state index contributed by atoms with van der Waals surface area (Å²) in [6, 6.07) is 2.96. The molecule has 0 aromatic carbocycles. The Bertz CT molecular complexity index is 809. The van der Waals surface area contributed by atoms with E-state index in [2.05, 4.69) is 15.3 Å². The van der Waals surface area contributed by atoms with Crippen LogP contribution in [0.1, 0.15) is 29.8 Å². The van der Waals surface area contributed by atoms with Crippen LogP contribution in [0.3, 0.4) is 0 Å². The largest absolute Gasteiger partial charge is 0.427 e. The minimum atomic E-state index is -4.51. The number of aromatic nitrogens is 2. The Morgan fingerprint density at radius 1 is 1.42 bits per heavy atom. The predicted molar refractivity (Wildman–Crippen MR) is 88.2 cm³/mol. The number of likely N-dealkylation sites (tertiary alicyclic amines) is 1. The van der Waals surface area contributed by atoms with Crippen molar-refractivity contribution < 1.29 is 22.8 Å². The molecule has 2 aromatic heterocycles. The van der Waals surface area contributed by atoms with Crippen molar-refractivity contribution >= 4 is 28.3 Å². The molecule has 6 nitrogen and oxygen atoms in total. The number of nitrogens with zero attached hydrogens (tertiary/aromatic N) is 3. The van der Waals surface area contributed by atoms with E-state index in [0.29, 0.717) is 29.6 Å². The van der Waals surface area contributed by atoms with E-state index in [0.717, 1.165) is 0 Å². The molecule has 2 amide bonds. The van der Waals surface area contributed by atoms with Gasteiger partial charge in [-0.3, -0.25) is 14.6 Å². The number of alkyl halides is 3. The van der Waals surface area contributed by atoms with Crippen LogP contribution in [-0.4, -0.2) is 33.2 Å². The van der Waals surface area contributed by atoms with Crippen LogP contribution in [0.4, 0.5) is 18.3 Å². The summed E-state index contributed by atoms with van der Waals surface area (Å²) in [5.74, 6) is -1.45. The summed E-state index contributed by atoms with van der Waals surface area (Å²) in [4.78, 5) is 33.2. The molecule has 26 heavy (non-hydrogen) atoms. The molecule has 0 spiro atoms. The first-order valence-corrected chi connectivity index (χ1v) is 8.66. The van der Waals surface area contributed by atoms with Crippen molar-refractivity contribution in [3.8, 4) is 0 Å². The second-order valence-electron chi connectivity index (χ2n) is 5.74. The number of halogens is 3. The molecule has 3 heterocycles. The molecule has 0 bridgehead atoms. The summed E-state index contributed by atoms with van der Waals surface area (Å²) < 4.78 is 38.0. The number of pyridine rings is 1. The minimum absolute atomic E-state index is 0.0171. The molecule has 1 saturated heterocycles. The van der Waals surface area contributed by atoms with Gasteiger partial charge in [0.1, 0.15) is 4.88 Å². The number of amides is 2.